The van der Waals surface area contributed by atoms with E-state index in [-0.39, 0.29) is 6.10 Å². The van der Waals surface area contributed by atoms with Crippen molar-refractivity contribution in [1.82, 2.24) is 5.32 Å². The average molecular weight is 437 g/mol. The molecule has 0 spiro atoms. The molecule has 0 amide bonds. The number of piperidine rings is 1. The van der Waals surface area contributed by atoms with E-state index in [1.165, 1.54) is 5.56 Å². The summed E-state index contributed by atoms with van der Waals surface area (Å²) in [7, 11) is 0. The normalized spacial score (nSPS) is 25.8. The Bertz CT molecular complexity index is 847. The lowest BCUT2D eigenvalue weighted by molar-refractivity contribution is -0.139. The number of carbonyl (C=O) groups is 1. The van der Waals surface area contributed by atoms with Crippen molar-refractivity contribution < 1.29 is 14.6 Å². The smallest absolute Gasteiger partial charge is 0.311 e. The standard InChI is InChI=1S/C11H10Cl2O3.C11H16N2/c1-5-2-7(11(14)15)6-3-8(12)9(13)4-10(6)16-5;12-11-6-7-13-8-10(11)9-4-2-1-3-5-9/h3-5,7H,2H2,1H3,(H,14,15);1-5,10-11,13H,6-8,12H2. The highest BCUT2D eigenvalue weighted by atomic mass is 35.5. The van der Waals surface area contributed by atoms with Crippen LogP contribution in [-0.2, 0) is 4.79 Å². The molecule has 7 heteroatoms. The third-order valence-electron chi connectivity index (χ3n) is 5.39. The SMILES string of the molecule is CC1CC(C(=O)O)c2cc(Cl)c(Cl)cc2O1.NC1CCNCC1c1ccccc1. The molecule has 2 heterocycles. The Morgan fingerprint density at radius 2 is 1.90 bits per heavy atom. The summed E-state index contributed by atoms with van der Waals surface area (Å²) in [4.78, 5) is 11.1. The van der Waals surface area contributed by atoms with Gasteiger partial charge in [-0.15, -0.1) is 0 Å². The van der Waals surface area contributed by atoms with E-state index in [4.69, 9.17) is 38.8 Å². The van der Waals surface area contributed by atoms with Crippen molar-refractivity contribution >= 4 is 29.2 Å². The summed E-state index contributed by atoms with van der Waals surface area (Å²) in [6, 6.07) is 14.0. The maximum Gasteiger partial charge on any atom is 0.311 e. The zero-order chi connectivity index (χ0) is 21.0. The minimum Gasteiger partial charge on any atom is -0.490 e. The molecule has 2 aliphatic rings. The first-order valence-electron chi connectivity index (χ1n) is 9.76. The Balaban J connectivity index is 0.000000169. The number of halogens is 2. The molecule has 2 aliphatic heterocycles. The van der Waals surface area contributed by atoms with E-state index in [2.05, 4.69) is 29.6 Å². The first-order valence-corrected chi connectivity index (χ1v) is 10.5. The zero-order valence-corrected chi connectivity index (χ0v) is 17.8. The summed E-state index contributed by atoms with van der Waals surface area (Å²) < 4.78 is 5.54. The largest absolute Gasteiger partial charge is 0.490 e. The molecule has 2 aromatic carbocycles. The second kappa shape index (κ2) is 9.81. The van der Waals surface area contributed by atoms with Gasteiger partial charge in [-0.3, -0.25) is 4.79 Å². The van der Waals surface area contributed by atoms with Gasteiger partial charge in [-0.25, -0.2) is 0 Å². The monoisotopic (exact) mass is 436 g/mol. The molecule has 0 aromatic heterocycles. The first-order chi connectivity index (χ1) is 13.9. The first kappa shape index (κ1) is 21.9. The summed E-state index contributed by atoms with van der Waals surface area (Å²) in [6.45, 7) is 3.91. The minimum atomic E-state index is -0.866. The van der Waals surface area contributed by atoms with Gasteiger partial charge in [0.15, 0.2) is 0 Å². The second-order valence-electron chi connectivity index (χ2n) is 7.53. The van der Waals surface area contributed by atoms with Gasteiger partial charge in [-0.05, 0) is 31.5 Å². The second-order valence-corrected chi connectivity index (χ2v) is 8.35. The molecule has 4 rings (SSSR count). The van der Waals surface area contributed by atoms with E-state index in [9.17, 15) is 4.79 Å². The van der Waals surface area contributed by atoms with Crippen molar-refractivity contribution in [2.45, 2.75) is 43.7 Å². The molecule has 0 aliphatic carbocycles. The quantitative estimate of drug-likeness (QED) is 0.648. The fourth-order valence-electron chi connectivity index (χ4n) is 3.82. The number of carboxylic acid groups (broad SMARTS) is 1. The van der Waals surface area contributed by atoms with Crippen LogP contribution in [-0.4, -0.2) is 36.3 Å². The Labute approximate surface area is 181 Å². The topological polar surface area (TPSA) is 84.6 Å². The molecule has 0 bridgehead atoms. The molecule has 2 aromatic rings. The number of aliphatic carboxylic acids is 1. The molecule has 5 nitrogen and oxygen atoms in total. The van der Waals surface area contributed by atoms with E-state index in [0.717, 1.165) is 19.5 Å². The van der Waals surface area contributed by atoms with E-state index in [1.807, 2.05) is 13.0 Å². The van der Waals surface area contributed by atoms with Crippen LogP contribution < -0.4 is 15.8 Å². The number of fused-ring (bicyclic) bond motifs is 1. The van der Waals surface area contributed by atoms with Crippen LogP contribution in [0.5, 0.6) is 5.75 Å². The summed E-state index contributed by atoms with van der Waals surface area (Å²) in [6.07, 6.45) is 1.39. The molecule has 156 valence electrons. The number of ether oxygens (including phenoxy) is 1. The van der Waals surface area contributed by atoms with Gasteiger partial charge in [0, 0.05) is 36.6 Å². The van der Waals surface area contributed by atoms with Crippen LogP contribution in [0.15, 0.2) is 42.5 Å². The van der Waals surface area contributed by atoms with Crippen LogP contribution in [0.3, 0.4) is 0 Å². The number of nitrogens with two attached hydrogens (primary N) is 1. The van der Waals surface area contributed by atoms with E-state index >= 15 is 0 Å². The Morgan fingerprint density at radius 3 is 2.55 bits per heavy atom. The molecule has 0 radical (unpaired) electrons. The molecular formula is C22H26Cl2N2O3. The van der Waals surface area contributed by atoms with E-state index < -0.39 is 11.9 Å². The van der Waals surface area contributed by atoms with Gasteiger partial charge in [0.05, 0.1) is 22.1 Å². The number of hydrogen-bond donors (Lipinski definition) is 3. The van der Waals surface area contributed by atoms with Crippen LogP contribution in [0.4, 0.5) is 0 Å². The molecule has 1 saturated heterocycles. The average Bonchev–Trinajstić information content (AvgIpc) is 2.70. The van der Waals surface area contributed by atoms with Crippen LogP contribution >= 0.6 is 23.2 Å². The number of benzene rings is 2. The van der Waals surface area contributed by atoms with Crippen molar-refractivity contribution in [1.29, 1.82) is 0 Å². The number of hydrogen-bond acceptors (Lipinski definition) is 4. The van der Waals surface area contributed by atoms with Crippen molar-refractivity contribution in [3.63, 3.8) is 0 Å². The molecule has 1 fully saturated rings. The molecule has 0 saturated carbocycles. The lowest BCUT2D eigenvalue weighted by Gasteiger charge is -2.29. The molecule has 29 heavy (non-hydrogen) atoms. The summed E-state index contributed by atoms with van der Waals surface area (Å²) in [5.41, 5.74) is 8.03. The van der Waals surface area contributed by atoms with Crippen LogP contribution in [0.1, 0.15) is 42.7 Å². The van der Waals surface area contributed by atoms with Crippen molar-refractivity contribution in [2.24, 2.45) is 5.73 Å². The number of carboxylic acids is 1. The Hall–Kier alpha value is -1.79. The van der Waals surface area contributed by atoms with Crippen LogP contribution in [0.2, 0.25) is 10.0 Å². The summed E-state index contributed by atoms with van der Waals surface area (Å²) in [5, 5.41) is 13.2. The molecule has 4 unspecified atom stereocenters. The summed E-state index contributed by atoms with van der Waals surface area (Å²) >= 11 is 11.7. The van der Waals surface area contributed by atoms with Gasteiger partial charge in [0.2, 0.25) is 0 Å². The van der Waals surface area contributed by atoms with Crippen LogP contribution in [0.25, 0.3) is 0 Å². The lowest BCUT2D eigenvalue weighted by Crippen LogP contribution is -2.43. The van der Waals surface area contributed by atoms with Gasteiger partial charge < -0.3 is 20.9 Å². The molecule has 4 atom stereocenters. The maximum absolute atomic E-state index is 11.1. The maximum atomic E-state index is 11.1. The van der Waals surface area contributed by atoms with Crippen molar-refractivity contribution in [2.75, 3.05) is 13.1 Å². The fraction of sp³-hybridized carbons (Fsp3) is 0.409. The zero-order valence-electron chi connectivity index (χ0n) is 16.3. The molecular weight excluding hydrogens is 411 g/mol. The van der Waals surface area contributed by atoms with Gasteiger partial charge in [0.1, 0.15) is 5.75 Å². The minimum absolute atomic E-state index is 0.133. The highest BCUT2D eigenvalue weighted by molar-refractivity contribution is 6.42. The van der Waals surface area contributed by atoms with E-state index in [0.29, 0.717) is 39.7 Å². The van der Waals surface area contributed by atoms with Crippen molar-refractivity contribution in [3.8, 4) is 5.75 Å². The Kier molecular flexibility index (Phi) is 7.41. The van der Waals surface area contributed by atoms with Gasteiger partial charge >= 0.3 is 5.97 Å². The number of rotatable bonds is 2. The van der Waals surface area contributed by atoms with Gasteiger partial charge in [0.25, 0.3) is 0 Å². The number of nitrogens with one attached hydrogen (secondary N) is 1. The summed E-state index contributed by atoms with van der Waals surface area (Å²) in [5.74, 6) is -0.432. The highest BCUT2D eigenvalue weighted by Crippen LogP contribution is 2.40. The van der Waals surface area contributed by atoms with Gasteiger partial charge in [-0.2, -0.15) is 0 Å². The Morgan fingerprint density at radius 1 is 1.21 bits per heavy atom. The van der Waals surface area contributed by atoms with Crippen molar-refractivity contribution in [3.05, 3.63) is 63.6 Å². The lowest BCUT2D eigenvalue weighted by atomic mass is 9.88. The van der Waals surface area contributed by atoms with E-state index in [1.54, 1.807) is 12.1 Å². The molecule has 4 N–H and O–H groups in total. The van der Waals surface area contributed by atoms with Gasteiger partial charge in [-0.1, -0.05) is 53.5 Å². The fourth-order valence-corrected chi connectivity index (χ4v) is 4.15. The third-order valence-corrected chi connectivity index (χ3v) is 6.11. The highest BCUT2D eigenvalue weighted by Gasteiger charge is 2.31. The third kappa shape index (κ3) is 5.43. The predicted molar refractivity (Wildman–Crippen MR) is 116 cm³/mol. The predicted octanol–water partition coefficient (Wildman–Crippen LogP) is 4.42. The van der Waals surface area contributed by atoms with Crippen LogP contribution in [0, 0.1) is 0 Å².